The van der Waals surface area contributed by atoms with Crippen molar-refractivity contribution in [3.8, 4) is 0 Å². The van der Waals surface area contributed by atoms with Gasteiger partial charge in [-0.25, -0.2) is 4.98 Å². The summed E-state index contributed by atoms with van der Waals surface area (Å²) in [5.74, 6) is 0.520. The number of hydrogen-bond donors (Lipinski definition) is 0. The minimum atomic E-state index is 0.181. The second-order valence-corrected chi connectivity index (χ2v) is 7.25. The van der Waals surface area contributed by atoms with Crippen molar-refractivity contribution in [1.29, 1.82) is 0 Å². The lowest BCUT2D eigenvalue weighted by molar-refractivity contribution is -0.136. The molecule has 1 saturated heterocycles. The molecule has 2 aliphatic rings. The number of likely N-dealkylation sites (tertiary alicyclic amines) is 1. The first-order valence-electron chi connectivity index (χ1n) is 8.14. The van der Waals surface area contributed by atoms with Gasteiger partial charge in [0, 0.05) is 12.5 Å². The molecule has 1 aliphatic carbocycles. The Hall–Kier alpha value is -1.68. The zero-order chi connectivity index (χ0) is 14.9. The van der Waals surface area contributed by atoms with Crippen molar-refractivity contribution in [1.82, 2.24) is 9.88 Å². The fourth-order valence-electron chi connectivity index (χ4n) is 3.57. The molecular formula is C18H20N2OS. The SMILES string of the molecule is O=C([C@H]1CC=CCC1)N1CCC[C@@H]1c1nc2ccccc2s1. The molecule has 3 nitrogen and oxygen atoms in total. The van der Waals surface area contributed by atoms with Crippen molar-refractivity contribution in [3.63, 3.8) is 0 Å². The summed E-state index contributed by atoms with van der Waals surface area (Å²) in [6, 6.07) is 8.44. The molecule has 2 atom stereocenters. The first-order chi connectivity index (χ1) is 10.8. The lowest BCUT2D eigenvalue weighted by Gasteiger charge is -2.28. The maximum absolute atomic E-state index is 12.9. The van der Waals surface area contributed by atoms with Gasteiger partial charge in [-0.3, -0.25) is 4.79 Å². The van der Waals surface area contributed by atoms with E-state index in [1.165, 1.54) is 4.70 Å². The predicted octanol–water partition coefficient (Wildman–Crippen LogP) is 4.32. The van der Waals surface area contributed by atoms with Crippen molar-refractivity contribution < 1.29 is 4.79 Å². The maximum Gasteiger partial charge on any atom is 0.226 e. The normalized spacial score (nSPS) is 25.0. The van der Waals surface area contributed by atoms with E-state index in [-0.39, 0.29) is 12.0 Å². The summed E-state index contributed by atoms with van der Waals surface area (Å²) in [7, 11) is 0. The summed E-state index contributed by atoms with van der Waals surface area (Å²) >= 11 is 1.74. The van der Waals surface area contributed by atoms with Crippen LogP contribution in [0.1, 0.15) is 43.2 Å². The Kier molecular flexibility index (Phi) is 3.70. The standard InChI is InChI=1S/C18H20N2OS/c21-18(13-7-2-1-3-8-13)20-12-6-10-15(20)17-19-14-9-4-5-11-16(14)22-17/h1-2,4-5,9,11,13,15H,3,6-8,10,12H2/t13-,15+/m0/s1. The molecule has 0 unspecified atom stereocenters. The van der Waals surface area contributed by atoms with E-state index in [0.29, 0.717) is 5.91 Å². The van der Waals surface area contributed by atoms with Crippen molar-refractivity contribution in [2.75, 3.05) is 6.54 Å². The van der Waals surface area contributed by atoms with Gasteiger partial charge in [-0.05, 0) is 44.2 Å². The van der Waals surface area contributed by atoms with Crippen LogP contribution in [0.5, 0.6) is 0 Å². The monoisotopic (exact) mass is 312 g/mol. The summed E-state index contributed by atoms with van der Waals surface area (Å²) in [4.78, 5) is 19.8. The second kappa shape index (κ2) is 5.84. The summed E-state index contributed by atoms with van der Waals surface area (Å²) in [5.41, 5.74) is 1.06. The smallest absolute Gasteiger partial charge is 0.226 e. The Bertz CT molecular complexity index is 688. The van der Waals surface area contributed by atoms with Crippen molar-refractivity contribution in [3.05, 3.63) is 41.4 Å². The Morgan fingerprint density at radius 3 is 2.95 bits per heavy atom. The number of aromatic nitrogens is 1. The van der Waals surface area contributed by atoms with E-state index in [9.17, 15) is 4.79 Å². The van der Waals surface area contributed by atoms with Crippen LogP contribution in [0.15, 0.2) is 36.4 Å². The third kappa shape index (κ3) is 2.45. The molecule has 22 heavy (non-hydrogen) atoms. The topological polar surface area (TPSA) is 33.2 Å². The fraction of sp³-hybridized carbons (Fsp3) is 0.444. The van der Waals surface area contributed by atoms with Gasteiger partial charge in [0.15, 0.2) is 0 Å². The van der Waals surface area contributed by atoms with Crippen LogP contribution in [-0.2, 0) is 4.79 Å². The Morgan fingerprint density at radius 1 is 1.23 bits per heavy atom. The molecule has 0 spiro atoms. The molecule has 114 valence electrons. The minimum absolute atomic E-state index is 0.181. The largest absolute Gasteiger partial charge is 0.333 e. The van der Waals surface area contributed by atoms with Gasteiger partial charge >= 0.3 is 0 Å². The van der Waals surface area contributed by atoms with Crippen LogP contribution in [0, 0.1) is 5.92 Å². The molecular weight excluding hydrogens is 292 g/mol. The van der Waals surface area contributed by atoms with Gasteiger partial charge in [-0.1, -0.05) is 24.3 Å². The summed E-state index contributed by atoms with van der Waals surface area (Å²) in [5, 5.41) is 1.11. The first kappa shape index (κ1) is 13.9. The number of rotatable bonds is 2. The average molecular weight is 312 g/mol. The quantitative estimate of drug-likeness (QED) is 0.774. The molecule has 0 bridgehead atoms. The van der Waals surface area contributed by atoms with E-state index >= 15 is 0 Å². The number of carbonyl (C=O) groups is 1. The second-order valence-electron chi connectivity index (χ2n) is 6.19. The summed E-state index contributed by atoms with van der Waals surface area (Å²) in [6.07, 6.45) is 9.44. The van der Waals surface area contributed by atoms with Crippen LogP contribution in [0.25, 0.3) is 10.2 Å². The Labute approximate surface area is 134 Å². The third-order valence-corrected chi connectivity index (χ3v) is 5.89. The van der Waals surface area contributed by atoms with Crippen LogP contribution in [0.3, 0.4) is 0 Å². The van der Waals surface area contributed by atoms with E-state index in [4.69, 9.17) is 4.98 Å². The maximum atomic E-state index is 12.9. The number of carbonyl (C=O) groups excluding carboxylic acids is 1. The van der Waals surface area contributed by atoms with Crippen molar-refractivity contribution >= 4 is 27.5 Å². The van der Waals surface area contributed by atoms with Gasteiger partial charge in [0.05, 0.1) is 16.3 Å². The molecule has 0 radical (unpaired) electrons. The molecule has 1 aromatic carbocycles. The summed E-state index contributed by atoms with van der Waals surface area (Å²) in [6.45, 7) is 0.889. The van der Waals surface area contributed by atoms with Crippen LogP contribution < -0.4 is 0 Å². The molecule has 1 aliphatic heterocycles. The van der Waals surface area contributed by atoms with Crippen molar-refractivity contribution in [2.24, 2.45) is 5.92 Å². The van der Waals surface area contributed by atoms with E-state index in [2.05, 4.69) is 35.3 Å². The number of benzene rings is 1. The van der Waals surface area contributed by atoms with Gasteiger partial charge in [-0.2, -0.15) is 0 Å². The number of amides is 1. The van der Waals surface area contributed by atoms with Gasteiger partial charge in [0.1, 0.15) is 5.01 Å². The molecule has 0 N–H and O–H groups in total. The van der Waals surface area contributed by atoms with E-state index in [0.717, 1.165) is 49.2 Å². The third-order valence-electron chi connectivity index (χ3n) is 4.75. The van der Waals surface area contributed by atoms with Crippen LogP contribution in [0.4, 0.5) is 0 Å². The van der Waals surface area contributed by atoms with E-state index in [1.807, 2.05) is 6.07 Å². The van der Waals surface area contributed by atoms with E-state index < -0.39 is 0 Å². The van der Waals surface area contributed by atoms with Gasteiger partial charge in [-0.15, -0.1) is 11.3 Å². The number of fused-ring (bicyclic) bond motifs is 1. The summed E-state index contributed by atoms with van der Waals surface area (Å²) < 4.78 is 1.22. The molecule has 0 saturated carbocycles. The van der Waals surface area contributed by atoms with Gasteiger partial charge in [0.2, 0.25) is 5.91 Å². The lowest BCUT2D eigenvalue weighted by Crippen LogP contribution is -2.36. The van der Waals surface area contributed by atoms with E-state index in [1.54, 1.807) is 11.3 Å². The Balaban J connectivity index is 1.60. The minimum Gasteiger partial charge on any atom is -0.333 e. The number of para-hydroxylation sites is 1. The zero-order valence-corrected chi connectivity index (χ0v) is 13.4. The van der Waals surface area contributed by atoms with Crippen molar-refractivity contribution in [2.45, 2.75) is 38.1 Å². The highest BCUT2D eigenvalue weighted by Crippen LogP contribution is 2.38. The fourth-order valence-corrected chi connectivity index (χ4v) is 4.69. The predicted molar refractivity (Wildman–Crippen MR) is 89.8 cm³/mol. The molecule has 4 heteroatoms. The first-order valence-corrected chi connectivity index (χ1v) is 8.95. The van der Waals surface area contributed by atoms with Crippen LogP contribution >= 0.6 is 11.3 Å². The molecule has 1 fully saturated rings. The molecule has 4 rings (SSSR count). The number of hydrogen-bond acceptors (Lipinski definition) is 3. The molecule has 1 aromatic heterocycles. The molecule has 2 aromatic rings. The number of thiazole rings is 1. The highest BCUT2D eigenvalue weighted by Gasteiger charge is 2.35. The van der Waals surface area contributed by atoms with Crippen LogP contribution in [-0.4, -0.2) is 22.3 Å². The number of nitrogens with zero attached hydrogens (tertiary/aromatic N) is 2. The molecule has 2 heterocycles. The van der Waals surface area contributed by atoms with Gasteiger partial charge in [0.25, 0.3) is 0 Å². The van der Waals surface area contributed by atoms with Crippen LogP contribution in [0.2, 0.25) is 0 Å². The zero-order valence-electron chi connectivity index (χ0n) is 12.6. The highest BCUT2D eigenvalue weighted by molar-refractivity contribution is 7.18. The Morgan fingerprint density at radius 2 is 2.14 bits per heavy atom. The van der Waals surface area contributed by atoms with Gasteiger partial charge < -0.3 is 4.90 Å². The average Bonchev–Trinajstić information content (AvgIpc) is 3.21. The highest BCUT2D eigenvalue weighted by atomic mass is 32.1. The lowest BCUT2D eigenvalue weighted by atomic mass is 9.93. The molecule has 1 amide bonds. The number of allylic oxidation sites excluding steroid dienone is 2.